The number of nitrogens with one attached hydrogen (secondary N) is 5. The summed E-state index contributed by atoms with van der Waals surface area (Å²) in [5.74, 6) is 1.25. The van der Waals surface area contributed by atoms with Crippen LogP contribution in [-0.2, 0) is 44.2 Å². The highest BCUT2D eigenvalue weighted by atomic mass is 127. The smallest absolute Gasteiger partial charge is 0.408 e. The third-order valence-electron chi connectivity index (χ3n) is 6.88. The van der Waals surface area contributed by atoms with Crippen molar-refractivity contribution in [3.63, 3.8) is 0 Å². The zero-order valence-corrected chi connectivity index (χ0v) is 43.9. The summed E-state index contributed by atoms with van der Waals surface area (Å²) in [5, 5.41) is 12.8. The van der Waals surface area contributed by atoms with Gasteiger partial charge in [-0.3, -0.25) is 14.4 Å². The molecule has 0 radical (unpaired) electrons. The number of carbonyl (C=O) groups is 6. The van der Waals surface area contributed by atoms with Crippen molar-refractivity contribution in [1.82, 2.24) is 31.5 Å². The second-order valence-corrected chi connectivity index (χ2v) is 19.3. The normalized spacial score (nSPS) is 15.6. The van der Waals surface area contributed by atoms with Crippen LogP contribution in [0.3, 0.4) is 0 Å². The number of nitrogens with zero attached hydrogens (tertiary/aromatic N) is 1. The van der Waals surface area contributed by atoms with E-state index in [1.54, 1.807) is 100 Å². The van der Waals surface area contributed by atoms with Gasteiger partial charge in [0.2, 0.25) is 17.7 Å². The number of alkyl halides is 1. The number of hydrogen-bond acceptors (Lipinski definition) is 11. The van der Waals surface area contributed by atoms with Crippen LogP contribution in [0, 0.1) is 0 Å². The fourth-order valence-corrected chi connectivity index (χ4v) is 5.47. The Kier molecular flexibility index (Phi) is 36.9. The van der Waals surface area contributed by atoms with Gasteiger partial charge in [-0.2, -0.15) is 11.8 Å². The number of alkyl carbamates (subject to hydrolysis) is 3. The molecular weight excluding hydrogens is 1020 g/mol. The number of halogens is 2. The Morgan fingerprint density at radius 1 is 0.793 bits per heavy atom. The van der Waals surface area contributed by atoms with Gasteiger partial charge >= 0.3 is 18.3 Å². The quantitative estimate of drug-likeness (QED) is 0.0876. The number of thioether (sulfide) groups is 1. The Balaban J connectivity index is -0.000000345. The molecule has 2 fully saturated rings. The van der Waals surface area contributed by atoms with Crippen LogP contribution >= 0.6 is 34.4 Å². The summed E-state index contributed by atoms with van der Waals surface area (Å²) in [7, 11) is 5.07. The van der Waals surface area contributed by atoms with Crippen LogP contribution in [0.25, 0.3) is 0 Å². The van der Waals surface area contributed by atoms with Crippen molar-refractivity contribution in [2.24, 2.45) is 0 Å². The highest BCUT2D eigenvalue weighted by Gasteiger charge is 2.31. The van der Waals surface area contributed by atoms with Crippen LogP contribution in [0.15, 0.2) is 0 Å². The predicted octanol–water partition coefficient (Wildman–Crippen LogP) is 1.87. The molecule has 2 aliphatic rings. The average Bonchev–Trinajstić information content (AvgIpc) is 3.77. The van der Waals surface area contributed by atoms with Crippen molar-refractivity contribution in [2.45, 2.75) is 129 Å². The largest absolute Gasteiger partial charge is 1.00 e. The van der Waals surface area contributed by atoms with E-state index in [0.717, 1.165) is 24.7 Å². The number of likely N-dealkylation sites (tertiary alicyclic amines) is 1. The maximum Gasteiger partial charge on any atom is 0.408 e. The maximum atomic E-state index is 11.6. The Hall–Kier alpha value is -1.66. The van der Waals surface area contributed by atoms with E-state index in [-0.39, 0.29) is 52.6 Å². The molecule has 0 spiro atoms. The fourth-order valence-electron chi connectivity index (χ4n) is 4.29. The third-order valence-corrected chi connectivity index (χ3v) is 8.58. The van der Waals surface area contributed by atoms with Gasteiger partial charge in [0.25, 0.3) is 0 Å². The van der Waals surface area contributed by atoms with E-state index in [4.69, 9.17) is 18.9 Å². The van der Waals surface area contributed by atoms with Gasteiger partial charge in [0.1, 0.15) is 40.7 Å². The summed E-state index contributed by atoms with van der Waals surface area (Å²) >= 11 is 3.78. The van der Waals surface area contributed by atoms with Crippen LogP contribution in [0.2, 0.25) is 0 Å². The van der Waals surface area contributed by atoms with Gasteiger partial charge in [0.05, 0.1) is 12.5 Å². The number of ether oxygens (including phenoxy) is 4. The van der Waals surface area contributed by atoms with Gasteiger partial charge in [-0.15, -0.1) is 0 Å². The van der Waals surface area contributed by atoms with Gasteiger partial charge in [0, 0.05) is 47.3 Å². The molecular formula is C38H76I2N6O10S2. The summed E-state index contributed by atoms with van der Waals surface area (Å²) in [6.45, 7) is 18.7. The Labute approximate surface area is 387 Å². The topological polar surface area (TPSA) is 203 Å². The zero-order chi connectivity index (χ0) is 45.0. The molecule has 0 aromatic heterocycles. The lowest BCUT2D eigenvalue weighted by molar-refractivity contribution is -0.128. The first-order chi connectivity index (χ1) is 26.2. The lowest BCUT2D eigenvalue weighted by Crippen LogP contribution is -3.00. The predicted molar refractivity (Wildman–Crippen MR) is 242 cm³/mol. The van der Waals surface area contributed by atoms with Crippen molar-refractivity contribution in [3.05, 3.63) is 0 Å². The molecule has 2 aliphatic heterocycles. The van der Waals surface area contributed by atoms with E-state index in [9.17, 15) is 28.8 Å². The first kappa shape index (κ1) is 63.0. The van der Waals surface area contributed by atoms with Gasteiger partial charge < -0.3 is 74.4 Å². The number of hydrogen-bond donors (Lipinski definition) is 5. The van der Waals surface area contributed by atoms with Crippen molar-refractivity contribution in [1.29, 1.82) is 0 Å². The molecule has 58 heavy (non-hydrogen) atoms. The molecule has 0 unspecified atom stereocenters. The monoisotopic (exact) mass is 1090 g/mol. The Morgan fingerprint density at radius 2 is 1.19 bits per heavy atom. The molecule has 0 saturated carbocycles. The molecule has 344 valence electrons. The number of carbonyl (C=O) groups excluding carboxylic acids is 6. The van der Waals surface area contributed by atoms with Crippen LogP contribution in [0.5, 0.6) is 0 Å². The van der Waals surface area contributed by atoms with Gasteiger partial charge in [-0.1, -0.05) is 22.6 Å². The first-order valence-electron chi connectivity index (χ1n) is 18.9. The summed E-state index contributed by atoms with van der Waals surface area (Å²) in [5.41, 5.74) is -1.65. The van der Waals surface area contributed by atoms with Crippen molar-refractivity contribution in [3.8, 4) is 0 Å². The number of amides is 6. The van der Waals surface area contributed by atoms with Gasteiger partial charge in [-0.25, -0.2) is 14.4 Å². The minimum Gasteiger partial charge on any atom is -1.00 e. The summed E-state index contributed by atoms with van der Waals surface area (Å²) in [6.07, 6.45) is 8.92. The SMILES string of the molecule is C1CCOC1.CI.CN1CC[C@@H](NC(=O)OC(C)(C)C)C1=O.CNC(=O)[C@@H](CCSC)NC(=O)OC(C)(C)C.CNC(=O)[C@@H](CC[S+](C)C)NC(=O)OC(C)(C)C.[I-]. The molecule has 0 aromatic rings. The van der Waals surface area contributed by atoms with Crippen molar-refractivity contribution in [2.75, 3.05) is 76.1 Å². The molecule has 0 aliphatic carbocycles. The van der Waals surface area contributed by atoms with Crippen LogP contribution < -0.4 is 50.6 Å². The molecule has 6 amide bonds. The summed E-state index contributed by atoms with van der Waals surface area (Å²) in [6, 6.07) is -1.49. The minimum absolute atomic E-state index is 0. The number of rotatable bonds is 11. The highest BCUT2D eigenvalue weighted by molar-refractivity contribution is 14.1. The standard InChI is InChI=1S/C12H24N2O3S.C11H22N2O3S.C10H18N2O3.C4H8O.CH3I.HI/c1-12(2,3)17-11(16)14-9(10(15)13-4)7-8-18(5)6;1-11(2,3)16-10(15)13-8(6-7-17-5)9(14)12-4;1-10(2,3)15-9(14)11-7-5-6-12(4)8(7)13;1-2-4-5-3-1;1-2;/h9H,7-8H2,1-6H3,(H-,13,14,15,16);8H,6-7H2,1-5H3,(H,12,14)(H,13,15);7H,5-6H2,1-4H3,(H,11,14);1-4H2;1H3;1H/t9-;8-;7-;;;/m111.../s1. The molecule has 2 saturated heterocycles. The van der Waals surface area contributed by atoms with E-state index in [1.165, 1.54) is 12.8 Å². The Morgan fingerprint density at radius 3 is 1.48 bits per heavy atom. The molecule has 0 bridgehead atoms. The molecule has 20 heteroatoms. The second kappa shape index (κ2) is 34.0. The van der Waals surface area contributed by atoms with E-state index in [1.807, 2.05) is 11.2 Å². The number of likely N-dealkylation sites (N-methyl/N-ethyl adjacent to an activating group) is 3. The average molecular weight is 1090 g/mol. The van der Waals surface area contributed by atoms with Crippen LogP contribution in [-0.4, -0.2) is 152 Å². The van der Waals surface area contributed by atoms with E-state index in [0.29, 0.717) is 25.8 Å². The molecule has 2 rings (SSSR count). The van der Waals surface area contributed by atoms with E-state index < -0.39 is 53.2 Å². The third kappa shape index (κ3) is 37.3. The first-order valence-corrected chi connectivity index (χ1v) is 24.7. The highest BCUT2D eigenvalue weighted by Crippen LogP contribution is 2.12. The second-order valence-electron chi connectivity index (χ2n) is 16.0. The van der Waals surface area contributed by atoms with Crippen LogP contribution in [0.4, 0.5) is 14.4 Å². The van der Waals surface area contributed by atoms with Gasteiger partial charge in [-0.05, 0) is 116 Å². The summed E-state index contributed by atoms with van der Waals surface area (Å²) in [4.78, 5) is 72.7. The van der Waals surface area contributed by atoms with Crippen molar-refractivity contribution >= 4 is 81.2 Å². The minimum atomic E-state index is -0.563. The fraction of sp³-hybridized carbons (Fsp3) is 0.842. The Bertz CT molecular complexity index is 1170. The molecule has 0 aromatic carbocycles. The van der Waals surface area contributed by atoms with Gasteiger partial charge in [0.15, 0.2) is 0 Å². The van der Waals surface area contributed by atoms with Crippen LogP contribution in [0.1, 0.15) is 94.4 Å². The summed E-state index contributed by atoms with van der Waals surface area (Å²) < 4.78 is 20.3. The maximum absolute atomic E-state index is 11.6. The molecule has 3 atom stereocenters. The lowest BCUT2D eigenvalue weighted by atomic mass is 10.2. The van der Waals surface area contributed by atoms with Crippen molar-refractivity contribution < 1.29 is 71.7 Å². The van der Waals surface area contributed by atoms with E-state index >= 15 is 0 Å². The lowest BCUT2D eigenvalue weighted by Gasteiger charge is -2.22. The van der Waals surface area contributed by atoms with E-state index in [2.05, 4.69) is 61.7 Å². The molecule has 5 N–H and O–H groups in total. The zero-order valence-electron chi connectivity index (χ0n) is 37.9. The molecule has 16 nitrogen and oxygen atoms in total. The molecule has 2 heterocycles.